The van der Waals surface area contributed by atoms with Gasteiger partial charge < -0.3 is 9.30 Å². The summed E-state index contributed by atoms with van der Waals surface area (Å²) in [7, 11) is 0. The van der Waals surface area contributed by atoms with Crippen LogP contribution in [-0.4, -0.2) is 23.4 Å². The van der Waals surface area contributed by atoms with Crippen LogP contribution in [0.25, 0.3) is 10.9 Å². The van der Waals surface area contributed by atoms with Gasteiger partial charge in [-0.3, -0.25) is 4.79 Å². The van der Waals surface area contributed by atoms with Gasteiger partial charge in [-0.15, -0.1) is 0 Å². The quantitative estimate of drug-likeness (QED) is 0.481. The van der Waals surface area contributed by atoms with Gasteiger partial charge in [0.15, 0.2) is 6.29 Å². The summed E-state index contributed by atoms with van der Waals surface area (Å²) in [6, 6.07) is 13.2. The molecule has 0 atom stereocenters. The first-order valence-electron chi connectivity index (χ1n) is 7.62. The van der Waals surface area contributed by atoms with Gasteiger partial charge in [-0.25, -0.2) is 4.79 Å². The largest absolute Gasteiger partial charge is 0.462 e. The van der Waals surface area contributed by atoms with Crippen molar-refractivity contribution in [3.63, 3.8) is 0 Å². The Balaban J connectivity index is 1.90. The molecule has 0 spiro atoms. The summed E-state index contributed by atoms with van der Waals surface area (Å²) in [6.07, 6.45) is 2.72. The molecular formula is C19H16BrNO3. The molecule has 0 radical (unpaired) electrons. The van der Waals surface area contributed by atoms with Crippen molar-refractivity contribution in [2.75, 3.05) is 6.61 Å². The van der Waals surface area contributed by atoms with E-state index in [-0.39, 0.29) is 5.97 Å². The van der Waals surface area contributed by atoms with Crippen molar-refractivity contribution in [2.24, 2.45) is 0 Å². The topological polar surface area (TPSA) is 48.3 Å². The van der Waals surface area contributed by atoms with Crippen LogP contribution in [0.3, 0.4) is 0 Å². The number of hydrogen-bond acceptors (Lipinski definition) is 3. The Morgan fingerprint density at radius 2 is 1.96 bits per heavy atom. The average Bonchev–Trinajstić information content (AvgIpc) is 2.92. The molecule has 0 bridgehead atoms. The third kappa shape index (κ3) is 3.26. The highest BCUT2D eigenvalue weighted by Gasteiger charge is 2.10. The SMILES string of the molecule is CCOC(=O)c1ccc(Cn2cc(C=O)c3cc(Br)ccc32)cc1. The molecule has 4 nitrogen and oxygen atoms in total. The molecule has 122 valence electrons. The van der Waals surface area contributed by atoms with Gasteiger partial charge in [-0.05, 0) is 42.8 Å². The highest BCUT2D eigenvalue weighted by Crippen LogP contribution is 2.25. The van der Waals surface area contributed by atoms with E-state index in [0.717, 1.165) is 27.2 Å². The summed E-state index contributed by atoms with van der Waals surface area (Å²) in [5.41, 5.74) is 3.24. The predicted molar refractivity (Wildman–Crippen MR) is 96.5 cm³/mol. The number of rotatable bonds is 5. The molecule has 0 saturated carbocycles. The fourth-order valence-corrected chi connectivity index (χ4v) is 3.04. The van der Waals surface area contributed by atoms with Crippen LogP contribution in [0.5, 0.6) is 0 Å². The van der Waals surface area contributed by atoms with Crippen molar-refractivity contribution in [2.45, 2.75) is 13.5 Å². The molecular weight excluding hydrogens is 370 g/mol. The summed E-state index contributed by atoms with van der Waals surface area (Å²) < 4.78 is 7.96. The normalized spacial score (nSPS) is 10.8. The maximum Gasteiger partial charge on any atom is 0.338 e. The number of benzene rings is 2. The Labute approximate surface area is 148 Å². The number of nitrogens with zero attached hydrogens (tertiary/aromatic N) is 1. The standard InChI is InChI=1S/C19H16BrNO3/c1-2-24-19(23)14-5-3-13(4-6-14)10-21-11-15(12-22)17-9-16(20)7-8-18(17)21/h3-9,11-12H,2,10H2,1H3. The van der Waals surface area contributed by atoms with Crippen molar-refractivity contribution >= 4 is 39.1 Å². The molecule has 1 heterocycles. The van der Waals surface area contributed by atoms with Gasteiger partial charge in [0, 0.05) is 33.7 Å². The van der Waals surface area contributed by atoms with Gasteiger partial charge in [-0.1, -0.05) is 28.1 Å². The zero-order valence-electron chi connectivity index (χ0n) is 13.2. The summed E-state index contributed by atoms with van der Waals surface area (Å²) in [6.45, 7) is 2.77. The van der Waals surface area contributed by atoms with Crippen molar-refractivity contribution < 1.29 is 14.3 Å². The molecule has 0 saturated heterocycles. The molecule has 0 amide bonds. The van der Waals surface area contributed by atoms with Crippen LogP contribution in [0.15, 0.2) is 53.1 Å². The number of hydrogen-bond donors (Lipinski definition) is 0. The average molecular weight is 386 g/mol. The van der Waals surface area contributed by atoms with Crippen LogP contribution in [0.2, 0.25) is 0 Å². The Hall–Kier alpha value is -2.40. The highest BCUT2D eigenvalue weighted by atomic mass is 79.9. The molecule has 0 aliphatic heterocycles. The lowest BCUT2D eigenvalue weighted by Crippen LogP contribution is -2.05. The van der Waals surface area contributed by atoms with Crippen LogP contribution < -0.4 is 0 Å². The number of carbonyl (C=O) groups excluding carboxylic acids is 2. The third-order valence-electron chi connectivity index (χ3n) is 3.82. The Bertz CT molecular complexity index is 897. The molecule has 3 rings (SSSR count). The van der Waals surface area contributed by atoms with Gasteiger partial charge in [0.25, 0.3) is 0 Å². The van der Waals surface area contributed by atoms with Crippen LogP contribution in [-0.2, 0) is 11.3 Å². The van der Waals surface area contributed by atoms with E-state index < -0.39 is 0 Å². The number of carbonyl (C=O) groups is 2. The lowest BCUT2D eigenvalue weighted by atomic mass is 10.1. The molecule has 5 heteroatoms. The maximum absolute atomic E-state index is 11.7. The highest BCUT2D eigenvalue weighted by molar-refractivity contribution is 9.10. The Morgan fingerprint density at radius 1 is 1.21 bits per heavy atom. The van der Waals surface area contributed by atoms with E-state index >= 15 is 0 Å². The minimum atomic E-state index is -0.316. The third-order valence-corrected chi connectivity index (χ3v) is 4.31. The van der Waals surface area contributed by atoms with Gasteiger partial charge in [0.05, 0.1) is 12.2 Å². The second-order valence-corrected chi connectivity index (χ2v) is 6.32. The number of aldehydes is 1. The van der Waals surface area contributed by atoms with Crippen molar-refractivity contribution in [1.82, 2.24) is 4.57 Å². The zero-order chi connectivity index (χ0) is 17.1. The van der Waals surface area contributed by atoms with Crippen LogP contribution >= 0.6 is 15.9 Å². The fraction of sp³-hybridized carbons (Fsp3) is 0.158. The molecule has 3 aromatic rings. The van der Waals surface area contributed by atoms with Crippen LogP contribution in [0.4, 0.5) is 0 Å². The van der Waals surface area contributed by atoms with E-state index in [1.54, 1.807) is 19.1 Å². The van der Waals surface area contributed by atoms with E-state index in [2.05, 4.69) is 15.9 Å². The predicted octanol–water partition coefficient (Wildman–Crippen LogP) is 4.44. The van der Waals surface area contributed by atoms with Crippen molar-refractivity contribution in [3.8, 4) is 0 Å². The van der Waals surface area contributed by atoms with Gasteiger partial charge >= 0.3 is 5.97 Å². The van der Waals surface area contributed by atoms with Gasteiger partial charge in [0.2, 0.25) is 0 Å². The van der Waals surface area contributed by atoms with Crippen LogP contribution in [0, 0.1) is 0 Å². The Kier molecular flexibility index (Phi) is 4.81. The molecule has 0 aliphatic rings. The molecule has 0 aliphatic carbocycles. The fourth-order valence-electron chi connectivity index (χ4n) is 2.68. The molecule has 0 N–H and O–H groups in total. The molecule has 24 heavy (non-hydrogen) atoms. The van der Waals surface area contributed by atoms with Crippen LogP contribution in [0.1, 0.15) is 33.2 Å². The van der Waals surface area contributed by atoms with E-state index in [1.807, 2.05) is 41.1 Å². The number of fused-ring (bicyclic) bond motifs is 1. The summed E-state index contributed by atoms with van der Waals surface area (Å²) in [4.78, 5) is 23.0. The van der Waals surface area contributed by atoms with Crippen molar-refractivity contribution in [1.29, 1.82) is 0 Å². The second kappa shape index (κ2) is 7.01. The maximum atomic E-state index is 11.7. The lowest BCUT2D eigenvalue weighted by molar-refractivity contribution is 0.0526. The smallest absolute Gasteiger partial charge is 0.338 e. The summed E-state index contributed by atoms with van der Waals surface area (Å²) in [5, 5.41) is 0.919. The van der Waals surface area contributed by atoms with Gasteiger partial charge in [0.1, 0.15) is 0 Å². The van der Waals surface area contributed by atoms with E-state index in [4.69, 9.17) is 4.74 Å². The first-order valence-corrected chi connectivity index (χ1v) is 8.41. The molecule has 0 fully saturated rings. The van der Waals surface area contributed by atoms with E-state index in [9.17, 15) is 9.59 Å². The number of aromatic nitrogens is 1. The molecule has 2 aromatic carbocycles. The van der Waals surface area contributed by atoms with Crippen molar-refractivity contribution in [3.05, 3.63) is 69.8 Å². The number of esters is 1. The number of ether oxygens (including phenoxy) is 1. The Morgan fingerprint density at radius 3 is 2.62 bits per heavy atom. The number of halogens is 1. The first-order chi connectivity index (χ1) is 11.6. The lowest BCUT2D eigenvalue weighted by Gasteiger charge is -2.07. The molecule has 0 unspecified atom stereocenters. The summed E-state index contributed by atoms with van der Waals surface area (Å²) >= 11 is 3.44. The van der Waals surface area contributed by atoms with E-state index in [0.29, 0.717) is 24.3 Å². The minimum absolute atomic E-state index is 0.316. The summed E-state index contributed by atoms with van der Waals surface area (Å²) in [5.74, 6) is -0.316. The second-order valence-electron chi connectivity index (χ2n) is 5.41. The van der Waals surface area contributed by atoms with Gasteiger partial charge in [-0.2, -0.15) is 0 Å². The zero-order valence-corrected chi connectivity index (χ0v) is 14.7. The molecule has 1 aromatic heterocycles. The monoisotopic (exact) mass is 385 g/mol. The van der Waals surface area contributed by atoms with E-state index in [1.165, 1.54) is 0 Å². The first kappa shape index (κ1) is 16.5. The minimum Gasteiger partial charge on any atom is -0.462 e.